The van der Waals surface area contributed by atoms with Crippen LogP contribution in [0, 0.1) is 5.92 Å². The number of amides is 2. The van der Waals surface area contributed by atoms with Crippen molar-refractivity contribution in [3.63, 3.8) is 0 Å². The first-order chi connectivity index (χ1) is 13.5. The molecule has 3 aromatic rings. The molecule has 0 radical (unpaired) electrons. The number of pyridine rings is 2. The average Bonchev–Trinajstić information content (AvgIpc) is 3.10. The van der Waals surface area contributed by atoms with Crippen molar-refractivity contribution in [3.8, 4) is 0 Å². The lowest BCUT2D eigenvalue weighted by molar-refractivity contribution is 0.0793. The molecule has 28 heavy (non-hydrogen) atoms. The molecule has 0 aromatic carbocycles. The number of nitrogens with zero attached hydrogens (tertiary/aromatic N) is 4. The zero-order valence-electron chi connectivity index (χ0n) is 16.4. The topological polar surface area (TPSA) is 79.6 Å². The monoisotopic (exact) mass is 379 g/mol. The largest absolute Gasteiger partial charge is 0.349 e. The second-order valence-electron chi connectivity index (χ2n) is 7.18. The number of aromatic nitrogens is 3. The number of likely N-dealkylation sites (N-methyl/N-ethyl adjacent to an activating group) is 1. The van der Waals surface area contributed by atoms with Gasteiger partial charge in [0.05, 0.1) is 5.52 Å². The summed E-state index contributed by atoms with van der Waals surface area (Å²) in [6.45, 7) is 5.15. The molecule has 0 unspecified atom stereocenters. The highest BCUT2D eigenvalue weighted by Gasteiger charge is 2.23. The quantitative estimate of drug-likeness (QED) is 0.684. The number of hydrogen-bond acceptors (Lipinski definition) is 4. The first-order valence-electron chi connectivity index (χ1n) is 9.37. The average molecular weight is 379 g/mol. The fraction of sp³-hybridized carbons (Fsp3) is 0.333. The number of carbonyl (C=O) groups is 2. The van der Waals surface area contributed by atoms with Gasteiger partial charge in [0.25, 0.3) is 11.8 Å². The Bertz CT molecular complexity index is 965. The van der Waals surface area contributed by atoms with Crippen LogP contribution in [-0.4, -0.2) is 51.2 Å². The van der Waals surface area contributed by atoms with Gasteiger partial charge >= 0.3 is 0 Å². The Morgan fingerprint density at radius 1 is 1.18 bits per heavy atom. The molecule has 7 heteroatoms. The maximum atomic E-state index is 13.0. The number of nitrogens with one attached hydrogen (secondary N) is 1. The van der Waals surface area contributed by atoms with Crippen LogP contribution in [0.5, 0.6) is 0 Å². The standard InChI is InChI=1S/C21H25N5O2/c1-15(2)14-23-20(27)19-24-18(17-6-4-5-12-26(17)19)21(28)25(3)13-9-16-7-10-22-11-8-16/h4-8,10-12,15H,9,13-14H2,1-3H3,(H,23,27). The lowest BCUT2D eigenvalue weighted by Gasteiger charge is -2.16. The van der Waals surface area contributed by atoms with Gasteiger partial charge in [-0.2, -0.15) is 0 Å². The number of rotatable bonds is 7. The summed E-state index contributed by atoms with van der Waals surface area (Å²) in [5.41, 5.74) is 2.02. The highest BCUT2D eigenvalue weighted by molar-refractivity contribution is 6.02. The molecule has 146 valence electrons. The molecule has 0 saturated carbocycles. The van der Waals surface area contributed by atoms with E-state index in [0.717, 1.165) is 12.0 Å². The van der Waals surface area contributed by atoms with Crippen molar-refractivity contribution in [1.29, 1.82) is 0 Å². The first-order valence-corrected chi connectivity index (χ1v) is 9.37. The third-order valence-corrected chi connectivity index (χ3v) is 4.46. The SMILES string of the molecule is CC(C)CNC(=O)c1nc(C(=O)N(C)CCc2ccncc2)c2ccccn12. The molecule has 0 spiro atoms. The molecular formula is C21H25N5O2. The second-order valence-corrected chi connectivity index (χ2v) is 7.18. The van der Waals surface area contributed by atoms with Crippen LogP contribution in [0.2, 0.25) is 0 Å². The van der Waals surface area contributed by atoms with E-state index in [1.807, 2.05) is 38.1 Å². The molecule has 1 N–H and O–H groups in total. The number of imidazole rings is 1. The van der Waals surface area contributed by atoms with E-state index in [1.54, 1.807) is 41.0 Å². The van der Waals surface area contributed by atoms with Crippen molar-refractivity contribution >= 4 is 17.3 Å². The maximum absolute atomic E-state index is 13.0. The van der Waals surface area contributed by atoms with Crippen LogP contribution in [0.3, 0.4) is 0 Å². The molecular weight excluding hydrogens is 354 g/mol. The molecule has 0 saturated heterocycles. The molecule has 0 bridgehead atoms. The van der Waals surface area contributed by atoms with Gasteiger partial charge in [-0.05, 0) is 42.2 Å². The van der Waals surface area contributed by atoms with E-state index in [4.69, 9.17) is 0 Å². The van der Waals surface area contributed by atoms with Crippen molar-refractivity contribution in [2.24, 2.45) is 5.92 Å². The smallest absolute Gasteiger partial charge is 0.287 e. The molecule has 0 aliphatic heterocycles. The Labute approximate surface area is 164 Å². The van der Waals surface area contributed by atoms with Crippen LogP contribution >= 0.6 is 0 Å². The van der Waals surface area contributed by atoms with Gasteiger partial charge in [-0.15, -0.1) is 0 Å². The van der Waals surface area contributed by atoms with E-state index in [9.17, 15) is 9.59 Å². The summed E-state index contributed by atoms with van der Waals surface area (Å²) in [6, 6.07) is 9.31. The Hall–Kier alpha value is -3.22. The lowest BCUT2D eigenvalue weighted by atomic mass is 10.2. The van der Waals surface area contributed by atoms with Crippen molar-refractivity contribution in [1.82, 2.24) is 24.6 Å². The number of fused-ring (bicyclic) bond motifs is 1. The Morgan fingerprint density at radius 3 is 2.64 bits per heavy atom. The van der Waals surface area contributed by atoms with E-state index in [0.29, 0.717) is 24.5 Å². The van der Waals surface area contributed by atoms with Crippen molar-refractivity contribution in [2.45, 2.75) is 20.3 Å². The third kappa shape index (κ3) is 4.36. The van der Waals surface area contributed by atoms with Crippen molar-refractivity contribution in [2.75, 3.05) is 20.1 Å². The van der Waals surface area contributed by atoms with Gasteiger partial charge in [0.1, 0.15) is 0 Å². The predicted molar refractivity (Wildman–Crippen MR) is 107 cm³/mol. The van der Waals surface area contributed by atoms with Gasteiger partial charge in [-0.1, -0.05) is 19.9 Å². The summed E-state index contributed by atoms with van der Waals surface area (Å²) in [6.07, 6.45) is 5.95. The van der Waals surface area contributed by atoms with Gasteiger partial charge in [0.2, 0.25) is 5.82 Å². The molecule has 3 rings (SSSR count). The fourth-order valence-corrected chi connectivity index (χ4v) is 2.86. The van der Waals surface area contributed by atoms with Crippen LogP contribution in [0.25, 0.3) is 5.52 Å². The van der Waals surface area contributed by atoms with Crippen LogP contribution in [0.1, 0.15) is 40.5 Å². The maximum Gasteiger partial charge on any atom is 0.287 e. The molecule has 3 aromatic heterocycles. The van der Waals surface area contributed by atoms with Crippen LogP contribution < -0.4 is 5.32 Å². The molecule has 0 aliphatic rings. The summed E-state index contributed by atoms with van der Waals surface area (Å²) in [7, 11) is 1.75. The molecule has 7 nitrogen and oxygen atoms in total. The van der Waals surface area contributed by atoms with Crippen LogP contribution in [-0.2, 0) is 6.42 Å². The fourth-order valence-electron chi connectivity index (χ4n) is 2.86. The Balaban J connectivity index is 1.81. The second kappa shape index (κ2) is 8.65. The Morgan fingerprint density at radius 2 is 1.93 bits per heavy atom. The minimum absolute atomic E-state index is 0.208. The van der Waals surface area contributed by atoms with E-state index in [2.05, 4.69) is 15.3 Å². The summed E-state index contributed by atoms with van der Waals surface area (Å²) in [5, 5.41) is 2.87. The minimum atomic E-state index is -0.284. The summed E-state index contributed by atoms with van der Waals surface area (Å²) in [4.78, 5) is 35.6. The molecule has 0 aliphatic carbocycles. The minimum Gasteiger partial charge on any atom is -0.349 e. The van der Waals surface area contributed by atoms with E-state index >= 15 is 0 Å². The van der Waals surface area contributed by atoms with Crippen LogP contribution in [0.4, 0.5) is 0 Å². The van der Waals surface area contributed by atoms with Crippen molar-refractivity contribution in [3.05, 3.63) is 66.0 Å². The normalized spacial score (nSPS) is 11.0. The van der Waals surface area contributed by atoms with E-state index in [-0.39, 0.29) is 23.3 Å². The summed E-state index contributed by atoms with van der Waals surface area (Å²) < 4.78 is 1.67. The Kier molecular flexibility index (Phi) is 6.03. The molecule has 0 fully saturated rings. The molecule has 2 amide bonds. The molecule has 0 atom stereocenters. The van der Waals surface area contributed by atoms with E-state index < -0.39 is 0 Å². The summed E-state index contributed by atoms with van der Waals surface area (Å²) in [5.74, 6) is 0.0618. The van der Waals surface area contributed by atoms with Gasteiger partial charge in [-0.25, -0.2) is 4.98 Å². The van der Waals surface area contributed by atoms with Crippen LogP contribution in [0.15, 0.2) is 48.9 Å². The van der Waals surface area contributed by atoms with E-state index in [1.165, 1.54) is 0 Å². The highest BCUT2D eigenvalue weighted by Crippen LogP contribution is 2.15. The third-order valence-electron chi connectivity index (χ3n) is 4.46. The molecule has 3 heterocycles. The van der Waals surface area contributed by atoms with Gasteiger partial charge in [-0.3, -0.25) is 19.0 Å². The highest BCUT2D eigenvalue weighted by atomic mass is 16.2. The van der Waals surface area contributed by atoms with Gasteiger partial charge in [0, 0.05) is 38.7 Å². The van der Waals surface area contributed by atoms with Gasteiger partial charge < -0.3 is 10.2 Å². The van der Waals surface area contributed by atoms with Crippen molar-refractivity contribution < 1.29 is 9.59 Å². The van der Waals surface area contributed by atoms with Gasteiger partial charge in [0.15, 0.2) is 5.69 Å². The lowest BCUT2D eigenvalue weighted by Crippen LogP contribution is -2.30. The zero-order valence-corrected chi connectivity index (χ0v) is 16.4. The predicted octanol–water partition coefficient (Wildman–Crippen LogP) is 2.43. The first kappa shape index (κ1) is 19.5. The zero-order chi connectivity index (χ0) is 20.1. The number of carbonyl (C=O) groups excluding carboxylic acids is 2. The number of hydrogen-bond donors (Lipinski definition) is 1. The summed E-state index contributed by atoms with van der Waals surface area (Å²) >= 11 is 0.